The quantitative estimate of drug-likeness (QED) is 0.178. The molecule has 0 N–H and O–H groups in total. The normalized spacial score (nSPS) is 11.7. The van der Waals surface area contributed by atoms with E-state index in [2.05, 4.69) is 180 Å². The van der Waals surface area contributed by atoms with Crippen molar-refractivity contribution in [1.82, 2.24) is 14.5 Å². The number of thiophene rings is 1. The lowest BCUT2D eigenvalue weighted by Gasteiger charge is -2.12. The highest BCUT2D eigenvalue weighted by atomic mass is 32.1. The van der Waals surface area contributed by atoms with Gasteiger partial charge < -0.3 is 0 Å². The van der Waals surface area contributed by atoms with E-state index in [0.29, 0.717) is 5.95 Å². The first-order valence-corrected chi connectivity index (χ1v) is 19.1. The molecular formula is C50H31N3S. The Morgan fingerprint density at radius 3 is 1.87 bits per heavy atom. The lowest BCUT2D eigenvalue weighted by molar-refractivity contribution is 0.992. The van der Waals surface area contributed by atoms with E-state index in [-0.39, 0.29) is 0 Å². The van der Waals surface area contributed by atoms with Gasteiger partial charge in [0.15, 0.2) is 0 Å². The van der Waals surface area contributed by atoms with Gasteiger partial charge >= 0.3 is 0 Å². The van der Waals surface area contributed by atoms with Gasteiger partial charge in [-0.1, -0.05) is 158 Å². The zero-order valence-corrected chi connectivity index (χ0v) is 30.0. The van der Waals surface area contributed by atoms with Crippen molar-refractivity contribution >= 4 is 64.1 Å². The highest BCUT2D eigenvalue weighted by Gasteiger charge is 2.20. The third-order valence-electron chi connectivity index (χ3n) is 10.7. The molecule has 0 unspecified atom stereocenters. The van der Waals surface area contributed by atoms with Gasteiger partial charge in [0.1, 0.15) is 0 Å². The number of hydrogen-bond acceptors (Lipinski definition) is 3. The molecule has 54 heavy (non-hydrogen) atoms. The summed E-state index contributed by atoms with van der Waals surface area (Å²) >= 11 is 1.86. The summed E-state index contributed by atoms with van der Waals surface area (Å²) in [5, 5.41) is 7.44. The molecule has 0 aliphatic heterocycles. The molecule has 0 saturated carbocycles. The topological polar surface area (TPSA) is 30.7 Å². The van der Waals surface area contributed by atoms with E-state index in [1.54, 1.807) is 0 Å². The predicted molar refractivity (Wildman–Crippen MR) is 229 cm³/mol. The summed E-state index contributed by atoms with van der Waals surface area (Å²) in [5.74, 6) is 0.645. The minimum Gasteiger partial charge on any atom is -0.278 e. The van der Waals surface area contributed by atoms with Crippen LogP contribution >= 0.6 is 11.3 Å². The Labute approximate surface area is 316 Å². The van der Waals surface area contributed by atoms with Gasteiger partial charge in [0.2, 0.25) is 5.95 Å². The minimum atomic E-state index is 0.645. The fourth-order valence-electron chi connectivity index (χ4n) is 8.17. The second-order valence-corrected chi connectivity index (χ2v) is 14.8. The second-order valence-electron chi connectivity index (χ2n) is 13.8. The Morgan fingerprint density at radius 1 is 0.407 bits per heavy atom. The summed E-state index contributed by atoms with van der Waals surface area (Å²) in [5.41, 5.74) is 11.2. The summed E-state index contributed by atoms with van der Waals surface area (Å²) in [6, 6.07) is 65.3. The Morgan fingerprint density at radius 2 is 1.06 bits per heavy atom. The molecule has 0 aliphatic carbocycles. The predicted octanol–water partition coefficient (Wildman–Crippen LogP) is 13.8. The summed E-state index contributed by atoms with van der Waals surface area (Å²) in [7, 11) is 0. The van der Waals surface area contributed by atoms with E-state index in [4.69, 9.17) is 9.97 Å². The average molecular weight is 706 g/mol. The van der Waals surface area contributed by atoms with Crippen molar-refractivity contribution in [3.8, 4) is 50.6 Å². The molecule has 0 aliphatic rings. The zero-order valence-electron chi connectivity index (χ0n) is 29.1. The smallest absolute Gasteiger partial charge is 0.235 e. The monoisotopic (exact) mass is 705 g/mol. The summed E-state index contributed by atoms with van der Waals surface area (Å²) in [6.45, 7) is 0. The van der Waals surface area contributed by atoms with E-state index >= 15 is 0 Å². The molecule has 8 aromatic carbocycles. The van der Waals surface area contributed by atoms with Crippen molar-refractivity contribution in [2.24, 2.45) is 0 Å². The van der Waals surface area contributed by atoms with Crippen LogP contribution in [0, 0.1) is 0 Å². The molecule has 0 spiro atoms. The molecule has 3 heterocycles. The number of nitrogens with zero attached hydrogens (tertiary/aromatic N) is 3. The second kappa shape index (κ2) is 12.4. The van der Waals surface area contributed by atoms with Gasteiger partial charge in [-0.25, -0.2) is 9.97 Å². The maximum absolute atomic E-state index is 5.31. The largest absolute Gasteiger partial charge is 0.278 e. The molecule has 0 atom stereocenters. The minimum absolute atomic E-state index is 0.645. The Balaban J connectivity index is 1.10. The van der Waals surface area contributed by atoms with Crippen LogP contribution < -0.4 is 0 Å². The van der Waals surface area contributed by atoms with Gasteiger partial charge in [0, 0.05) is 42.7 Å². The Bertz CT molecular complexity index is 3200. The van der Waals surface area contributed by atoms with Crippen LogP contribution in [0.25, 0.3) is 103 Å². The maximum atomic E-state index is 5.31. The molecule has 0 bridgehead atoms. The first-order valence-electron chi connectivity index (χ1n) is 18.2. The molecule has 11 aromatic rings. The standard InChI is InChI=1S/C50H31N3S/c1-3-12-32(13-4-1)36-26-27-42-45(30-36)53(46-31-43(33-14-5-2-6-15-33)38-16-7-8-18-40(38)48(42)46)50-51-29-28-44(52-50)35-24-22-34(23-25-35)37-19-11-20-41-39-17-9-10-21-47(39)54-49(37)41/h1-31H. The van der Waals surface area contributed by atoms with E-state index < -0.39 is 0 Å². The fraction of sp³-hybridized carbons (Fsp3) is 0. The molecule has 4 heteroatoms. The number of aromatic nitrogens is 3. The van der Waals surface area contributed by atoms with Crippen molar-refractivity contribution in [2.75, 3.05) is 0 Å². The van der Waals surface area contributed by atoms with E-state index in [1.165, 1.54) is 69.5 Å². The lowest BCUT2D eigenvalue weighted by Crippen LogP contribution is -2.02. The fourth-order valence-corrected chi connectivity index (χ4v) is 9.41. The van der Waals surface area contributed by atoms with Crippen molar-refractivity contribution < 1.29 is 0 Å². The Hall–Kier alpha value is -6.88. The number of hydrogen-bond donors (Lipinski definition) is 0. The van der Waals surface area contributed by atoms with Crippen LogP contribution in [0.1, 0.15) is 0 Å². The van der Waals surface area contributed by atoms with Crippen LogP contribution in [-0.4, -0.2) is 14.5 Å². The summed E-state index contributed by atoms with van der Waals surface area (Å²) in [6.07, 6.45) is 1.89. The van der Waals surface area contributed by atoms with Crippen LogP contribution in [-0.2, 0) is 0 Å². The third kappa shape index (κ3) is 4.88. The van der Waals surface area contributed by atoms with Gasteiger partial charge in [-0.05, 0) is 68.4 Å². The van der Waals surface area contributed by atoms with Gasteiger partial charge in [-0.2, -0.15) is 0 Å². The molecule has 3 nitrogen and oxygen atoms in total. The van der Waals surface area contributed by atoms with Crippen molar-refractivity contribution in [1.29, 1.82) is 0 Å². The van der Waals surface area contributed by atoms with E-state index in [0.717, 1.165) is 27.9 Å². The van der Waals surface area contributed by atoms with E-state index in [9.17, 15) is 0 Å². The molecular weight excluding hydrogens is 675 g/mol. The van der Waals surface area contributed by atoms with Gasteiger partial charge in [0.25, 0.3) is 0 Å². The molecule has 0 saturated heterocycles. The molecule has 0 fully saturated rings. The van der Waals surface area contributed by atoms with Crippen LogP contribution in [0.3, 0.4) is 0 Å². The average Bonchev–Trinajstić information content (AvgIpc) is 3.80. The zero-order chi connectivity index (χ0) is 35.6. The van der Waals surface area contributed by atoms with Gasteiger partial charge in [-0.3, -0.25) is 4.57 Å². The highest BCUT2D eigenvalue weighted by molar-refractivity contribution is 7.26. The molecule has 3 aromatic heterocycles. The van der Waals surface area contributed by atoms with Gasteiger partial charge in [0.05, 0.1) is 16.7 Å². The maximum Gasteiger partial charge on any atom is 0.235 e. The molecule has 11 rings (SSSR count). The molecule has 0 amide bonds. The van der Waals surface area contributed by atoms with Crippen molar-refractivity contribution in [3.05, 3.63) is 188 Å². The summed E-state index contributed by atoms with van der Waals surface area (Å²) < 4.78 is 4.89. The van der Waals surface area contributed by atoms with Crippen LogP contribution in [0.4, 0.5) is 0 Å². The van der Waals surface area contributed by atoms with E-state index in [1.807, 2.05) is 23.6 Å². The van der Waals surface area contributed by atoms with Crippen molar-refractivity contribution in [2.45, 2.75) is 0 Å². The van der Waals surface area contributed by atoms with Crippen molar-refractivity contribution in [3.63, 3.8) is 0 Å². The van der Waals surface area contributed by atoms with Crippen LogP contribution in [0.15, 0.2) is 188 Å². The highest BCUT2D eigenvalue weighted by Crippen LogP contribution is 2.43. The first kappa shape index (κ1) is 30.7. The van der Waals surface area contributed by atoms with Crippen LogP contribution in [0.2, 0.25) is 0 Å². The Kier molecular flexibility index (Phi) is 7.04. The first-order chi connectivity index (χ1) is 26.8. The lowest BCUT2D eigenvalue weighted by atomic mass is 9.94. The number of benzene rings is 8. The molecule has 252 valence electrons. The molecule has 0 radical (unpaired) electrons. The van der Waals surface area contributed by atoms with Gasteiger partial charge in [-0.15, -0.1) is 11.3 Å². The number of rotatable bonds is 5. The third-order valence-corrected chi connectivity index (χ3v) is 11.9. The SMILES string of the molecule is c1ccc(-c2ccc3c4c5ccccc5c(-c5ccccc5)cc4n(-c4nccc(-c5ccc(-c6cccc7c6sc6ccccc67)cc5)n4)c3c2)cc1. The summed E-state index contributed by atoms with van der Waals surface area (Å²) in [4.78, 5) is 10.3. The van der Waals surface area contributed by atoms with Crippen LogP contribution in [0.5, 0.6) is 0 Å². The number of fused-ring (bicyclic) bond motifs is 8.